The largest absolute Gasteiger partial charge is 0.461 e. The van der Waals surface area contributed by atoms with Gasteiger partial charge in [0.05, 0.1) is 5.69 Å². The Hall–Kier alpha value is -2.10. The van der Waals surface area contributed by atoms with Crippen LogP contribution in [0.2, 0.25) is 0 Å². The topological polar surface area (TPSA) is 56.2 Å². The molecule has 0 amide bonds. The van der Waals surface area contributed by atoms with Crippen molar-refractivity contribution in [2.24, 2.45) is 0 Å². The van der Waals surface area contributed by atoms with Crippen LogP contribution in [0.15, 0.2) is 31.9 Å². The second kappa shape index (κ2) is 3.45. The highest BCUT2D eigenvalue weighted by atomic mass is 16.5. The van der Waals surface area contributed by atoms with Crippen molar-refractivity contribution in [3.05, 3.63) is 39.9 Å². The van der Waals surface area contributed by atoms with Gasteiger partial charge in [-0.05, 0) is 25.5 Å². The molecule has 0 fully saturated rings. The summed E-state index contributed by atoms with van der Waals surface area (Å²) in [5.41, 5.74) is 1.84. The van der Waals surface area contributed by atoms with Crippen molar-refractivity contribution < 1.29 is 8.94 Å². The lowest BCUT2D eigenvalue weighted by Gasteiger charge is -1.98. The first-order valence-electron chi connectivity index (χ1n) is 5.52. The first-order chi connectivity index (χ1) is 8.20. The fraction of sp³-hybridized carbons (Fsp3) is 0.231. The van der Waals surface area contributed by atoms with Crippen LogP contribution >= 0.6 is 0 Å². The van der Waals surface area contributed by atoms with E-state index in [2.05, 4.69) is 5.16 Å². The highest BCUT2D eigenvalue weighted by Crippen LogP contribution is 2.26. The van der Waals surface area contributed by atoms with E-state index in [1.807, 2.05) is 13.0 Å². The van der Waals surface area contributed by atoms with Crippen molar-refractivity contribution in [1.82, 2.24) is 5.16 Å². The van der Waals surface area contributed by atoms with Crippen LogP contribution in [0.3, 0.4) is 0 Å². The molecule has 0 N–H and O–H groups in total. The second-order valence-corrected chi connectivity index (χ2v) is 4.02. The molecule has 0 bridgehead atoms. The maximum atomic E-state index is 12.0. The highest BCUT2D eigenvalue weighted by Gasteiger charge is 2.13. The molecule has 0 radical (unpaired) electrons. The fourth-order valence-electron chi connectivity index (χ4n) is 2.07. The van der Waals surface area contributed by atoms with E-state index in [9.17, 15) is 4.79 Å². The van der Waals surface area contributed by atoms with Gasteiger partial charge in [0.2, 0.25) is 0 Å². The first kappa shape index (κ1) is 10.1. The Morgan fingerprint density at radius 1 is 1.35 bits per heavy atom. The van der Waals surface area contributed by atoms with Crippen LogP contribution in [0, 0.1) is 6.92 Å². The number of hydrogen-bond acceptors (Lipinski definition) is 4. The van der Waals surface area contributed by atoms with E-state index < -0.39 is 0 Å². The van der Waals surface area contributed by atoms with E-state index in [0.717, 1.165) is 17.5 Å². The lowest BCUT2D eigenvalue weighted by Crippen LogP contribution is -2.00. The Bertz CT molecular complexity index is 767. The maximum Gasteiger partial charge on any atom is 0.196 e. The quantitative estimate of drug-likeness (QED) is 0.643. The molecule has 1 aromatic carbocycles. The molecular weight excluding hydrogens is 218 g/mol. The van der Waals surface area contributed by atoms with Crippen molar-refractivity contribution in [1.29, 1.82) is 0 Å². The molecule has 3 aromatic rings. The zero-order chi connectivity index (χ0) is 12.0. The molecule has 0 aliphatic heterocycles. The number of benzene rings is 1. The summed E-state index contributed by atoms with van der Waals surface area (Å²) < 4.78 is 10.8. The summed E-state index contributed by atoms with van der Waals surface area (Å²) in [5.74, 6) is 0.595. The molecule has 86 valence electrons. The number of aryl methyl sites for hydroxylation is 2. The predicted molar refractivity (Wildman–Crippen MR) is 64.2 cm³/mol. The zero-order valence-electron chi connectivity index (χ0n) is 9.61. The van der Waals surface area contributed by atoms with Crippen LogP contribution in [0.4, 0.5) is 0 Å². The van der Waals surface area contributed by atoms with Crippen molar-refractivity contribution in [3.8, 4) is 0 Å². The van der Waals surface area contributed by atoms with Crippen molar-refractivity contribution in [2.45, 2.75) is 20.3 Å². The molecule has 0 aliphatic carbocycles. The van der Waals surface area contributed by atoms with Gasteiger partial charge in [-0.1, -0.05) is 12.1 Å². The Morgan fingerprint density at radius 2 is 2.18 bits per heavy atom. The minimum atomic E-state index is -0.0897. The lowest BCUT2D eigenvalue weighted by atomic mass is 10.1. The Balaban J connectivity index is 2.56. The molecule has 0 saturated heterocycles. The van der Waals surface area contributed by atoms with Crippen LogP contribution in [0.1, 0.15) is 18.4 Å². The maximum absolute atomic E-state index is 12.0. The molecular formula is C13H11NO3. The number of fused-ring (bicyclic) bond motifs is 3. The van der Waals surface area contributed by atoms with Crippen LogP contribution in [-0.2, 0) is 6.42 Å². The summed E-state index contributed by atoms with van der Waals surface area (Å²) >= 11 is 0. The van der Waals surface area contributed by atoms with E-state index >= 15 is 0 Å². The van der Waals surface area contributed by atoms with E-state index in [1.54, 1.807) is 13.0 Å². The van der Waals surface area contributed by atoms with Crippen LogP contribution in [0.5, 0.6) is 0 Å². The zero-order valence-corrected chi connectivity index (χ0v) is 9.61. The van der Waals surface area contributed by atoms with E-state index in [-0.39, 0.29) is 5.43 Å². The molecule has 0 atom stereocenters. The molecule has 4 heteroatoms. The molecule has 0 unspecified atom stereocenters. The van der Waals surface area contributed by atoms with Gasteiger partial charge in [0.15, 0.2) is 11.0 Å². The average Bonchev–Trinajstić information content (AvgIpc) is 2.70. The molecule has 4 nitrogen and oxygen atoms in total. The monoisotopic (exact) mass is 229 g/mol. The van der Waals surface area contributed by atoms with Crippen LogP contribution in [-0.4, -0.2) is 5.16 Å². The van der Waals surface area contributed by atoms with Gasteiger partial charge in [0.1, 0.15) is 16.7 Å². The van der Waals surface area contributed by atoms with E-state index in [1.165, 1.54) is 6.07 Å². The molecule has 17 heavy (non-hydrogen) atoms. The Labute approximate surface area is 96.8 Å². The highest BCUT2D eigenvalue weighted by molar-refractivity contribution is 6.02. The molecule has 0 saturated carbocycles. The number of rotatable bonds is 1. The normalized spacial score (nSPS) is 11.4. The number of nitrogens with zero attached hydrogens (tertiary/aromatic N) is 1. The minimum absolute atomic E-state index is 0.0897. The van der Waals surface area contributed by atoms with E-state index in [4.69, 9.17) is 8.94 Å². The van der Waals surface area contributed by atoms with Crippen molar-refractivity contribution in [3.63, 3.8) is 0 Å². The van der Waals surface area contributed by atoms with Crippen molar-refractivity contribution in [2.75, 3.05) is 0 Å². The molecule has 0 aliphatic rings. The van der Waals surface area contributed by atoms with Gasteiger partial charge in [-0.2, -0.15) is 0 Å². The summed E-state index contributed by atoms with van der Waals surface area (Å²) in [6, 6.07) is 5.15. The third-order valence-corrected chi connectivity index (χ3v) is 2.86. The Kier molecular flexibility index (Phi) is 2.04. The van der Waals surface area contributed by atoms with Gasteiger partial charge >= 0.3 is 0 Å². The summed E-state index contributed by atoms with van der Waals surface area (Å²) in [6.45, 7) is 3.75. The Morgan fingerprint density at radius 3 is 2.94 bits per heavy atom. The second-order valence-electron chi connectivity index (χ2n) is 4.02. The third-order valence-electron chi connectivity index (χ3n) is 2.86. The molecule has 0 spiro atoms. The number of hydrogen-bond donors (Lipinski definition) is 0. The average molecular weight is 229 g/mol. The smallest absolute Gasteiger partial charge is 0.196 e. The SMILES string of the molecule is CCc1noc2c1ccc1oc(C)cc(=O)c12. The van der Waals surface area contributed by atoms with Gasteiger partial charge in [-0.25, -0.2) is 0 Å². The molecule has 2 heterocycles. The standard InChI is InChI=1S/C13H11NO3/c1-3-9-8-4-5-11-12(13(8)17-14-9)10(15)6-7(2)16-11/h4-6H,3H2,1-2H3. The molecule has 2 aromatic heterocycles. The summed E-state index contributed by atoms with van der Waals surface area (Å²) in [4.78, 5) is 12.0. The van der Waals surface area contributed by atoms with E-state index in [0.29, 0.717) is 22.3 Å². The lowest BCUT2D eigenvalue weighted by molar-refractivity contribution is 0.448. The van der Waals surface area contributed by atoms with Crippen molar-refractivity contribution >= 4 is 21.9 Å². The summed E-state index contributed by atoms with van der Waals surface area (Å²) in [7, 11) is 0. The predicted octanol–water partition coefficient (Wildman–Crippen LogP) is 2.81. The van der Waals surface area contributed by atoms with Crippen LogP contribution < -0.4 is 5.43 Å². The fourth-order valence-corrected chi connectivity index (χ4v) is 2.07. The van der Waals surface area contributed by atoms with Gasteiger partial charge in [0, 0.05) is 11.5 Å². The minimum Gasteiger partial charge on any atom is -0.461 e. The first-order valence-corrected chi connectivity index (χ1v) is 5.52. The van der Waals surface area contributed by atoms with Gasteiger partial charge in [0.25, 0.3) is 0 Å². The van der Waals surface area contributed by atoms with Gasteiger partial charge in [-0.15, -0.1) is 0 Å². The van der Waals surface area contributed by atoms with Crippen LogP contribution in [0.25, 0.3) is 21.9 Å². The third kappa shape index (κ3) is 1.37. The molecule has 3 rings (SSSR count). The summed E-state index contributed by atoms with van der Waals surface area (Å²) in [6.07, 6.45) is 0.774. The van der Waals surface area contributed by atoms with Gasteiger partial charge < -0.3 is 8.94 Å². The number of aromatic nitrogens is 1. The van der Waals surface area contributed by atoms with Gasteiger partial charge in [-0.3, -0.25) is 4.79 Å². The summed E-state index contributed by atoms with van der Waals surface area (Å²) in [5, 5.41) is 5.33.